The maximum absolute atomic E-state index is 12.8. The predicted molar refractivity (Wildman–Crippen MR) is 82.3 cm³/mol. The number of nitrogens with zero attached hydrogens (tertiary/aromatic N) is 3. The van der Waals surface area contributed by atoms with Crippen LogP contribution in [0.25, 0.3) is 0 Å². The van der Waals surface area contributed by atoms with Crippen molar-refractivity contribution in [3.63, 3.8) is 0 Å². The summed E-state index contributed by atoms with van der Waals surface area (Å²) < 4.78 is 12.8. The first-order chi connectivity index (χ1) is 11.0. The summed E-state index contributed by atoms with van der Waals surface area (Å²) in [5.41, 5.74) is 3.30. The summed E-state index contributed by atoms with van der Waals surface area (Å²) >= 11 is 0. The lowest BCUT2D eigenvalue weighted by molar-refractivity contribution is -0.115. The summed E-state index contributed by atoms with van der Waals surface area (Å²) in [7, 11) is 0. The van der Waals surface area contributed by atoms with Crippen LogP contribution < -0.4 is 10.7 Å². The fraction of sp³-hybridized carbons (Fsp3) is 0.133. The first kappa shape index (κ1) is 16.2. The van der Waals surface area contributed by atoms with Crippen molar-refractivity contribution in [2.75, 3.05) is 5.32 Å². The summed E-state index contributed by atoms with van der Waals surface area (Å²) in [6.45, 7) is 1.60. The van der Waals surface area contributed by atoms with Gasteiger partial charge in [-0.1, -0.05) is 0 Å². The Morgan fingerprint density at radius 3 is 2.61 bits per heavy atom. The molecule has 1 aromatic carbocycles. The van der Waals surface area contributed by atoms with Gasteiger partial charge in [-0.15, -0.1) is 0 Å². The summed E-state index contributed by atoms with van der Waals surface area (Å²) in [4.78, 5) is 31.1. The highest BCUT2D eigenvalue weighted by Gasteiger charge is 2.08. The van der Waals surface area contributed by atoms with Gasteiger partial charge in [-0.3, -0.25) is 14.6 Å². The van der Waals surface area contributed by atoms with Gasteiger partial charge in [-0.2, -0.15) is 5.10 Å². The van der Waals surface area contributed by atoms with Crippen molar-refractivity contribution in [1.82, 2.24) is 15.4 Å². The molecule has 0 fully saturated rings. The molecular weight excluding hydrogens is 301 g/mol. The third kappa shape index (κ3) is 5.27. The van der Waals surface area contributed by atoms with Gasteiger partial charge in [0.1, 0.15) is 11.5 Å². The van der Waals surface area contributed by atoms with Crippen molar-refractivity contribution in [3.8, 4) is 0 Å². The highest BCUT2D eigenvalue weighted by Crippen LogP contribution is 2.08. The Morgan fingerprint density at radius 1 is 1.22 bits per heavy atom. The number of anilines is 1. The van der Waals surface area contributed by atoms with Gasteiger partial charge in [0, 0.05) is 23.8 Å². The number of amides is 2. The zero-order chi connectivity index (χ0) is 16.7. The van der Waals surface area contributed by atoms with Crippen LogP contribution in [0.2, 0.25) is 0 Å². The van der Waals surface area contributed by atoms with Gasteiger partial charge in [0.25, 0.3) is 5.91 Å². The molecule has 0 saturated heterocycles. The van der Waals surface area contributed by atoms with Gasteiger partial charge in [-0.05, 0) is 31.2 Å². The molecule has 0 aliphatic heterocycles. The quantitative estimate of drug-likeness (QED) is 0.649. The number of hydrazone groups is 1. The molecule has 0 saturated carbocycles. The summed E-state index contributed by atoms with van der Waals surface area (Å²) in [5.74, 6) is -1.23. The molecule has 8 heteroatoms. The van der Waals surface area contributed by atoms with Crippen molar-refractivity contribution in [2.45, 2.75) is 13.3 Å². The van der Waals surface area contributed by atoms with Crippen LogP contribution in [0.4, 0.5) is 10.1 Å². The van der Waals surface area contributed by atoms with Crippen LogP contribution in [-0.2, 0) is 4.79 Å². The number of carbonyl (C=O) groups excluding carboxylic acids is 2. The first-order valence-corrected chi connectivity index (χ1v) is 6.69. The number of aromatic nitrogens is 2. The van der Waals surface area contributed by atoms with E-state index in [1.165, 1.54) is 42.9 Å². The van der Waals surface area contributed by atoms with Gasteiger partial charge in [0.2, 0.25) is 5.91 Å². The van der Waals surface area contributed by atoms with E-state index in [0.717, 1.165) is 0 Å². The molecule has 1 aromatic heterocycles. The van der Waals surface area contributed by atoms with Crippen molar-refractivity contribution in [3.05, 3.63) is 54.4 Å². The summed E-state index contributed by atoms with van der Waals surface area (Å²) in [5, 5.41) is 6.42. The Bertz CT molecular complexity index is 716. The third-order valence-corrected chi connectivity index (χ3v) is 2.69. The smallest absolute Gasteiger partial charge is 0.291 e. The van der Waals surface area contributed by atoms with E-state index in [1.807, 2.05) is 0 Å². The van der Waals surface area contributed by atoms with Crippen LogP contribution in [0, 0.1) is 5.82 Å². The molecule has 7 nitrogen and oxygen atoms in total. The molecule has 2 aromatic rings. The Hall–Kier alpha value is -3.16. The van der Waals surface area contributed by atoms with Gasteiger partial charge in [-0.25, -0.2) is 14.8 Å². The van der Waals surface area contributed by atoms with Gasteiger partial charge < -0.3 is 5.32 Å². The maximum Gasteiger partial charge on any atom is 0.291 e. The lowest BCUT2D eigenvalue weighted by Crippen LogP contribution is -2.22. The molecule has 2 N–H and O–H groups in total. The molecule has 0 radical (unpaired) electrons. The number of benzene rings is 1. The first-order valence-electron chi connectivity index (χ1n) is 6.69. The molecule has 0 unspecified atom stereocenters. The molecule has 0 bridgehead atoms. The third-order valence-electron chi connectivity index (χ3n) is 2.69. The minimum absolute atomic E-state index is 0.0157. The predicted octanol–water partition coefficient (Wildman–Crippen LogP) is 1.75. The van der Waals surface area contributed by atoms with Crippen LogP contribution in [-0.4, -0.2) is 27.5 Å². The monoisotopic (exact) mass is 315 g/mol. The fourth-order valence-electron chi connectivity index (χ4n) is 1.63. The molecule has 2 rings (SSSR count). The Balaban J connectivity index is 1.85. The van der Waals surface area contributed by atoms with E-state index in [-0.39, 0.29) is 23.8 Å². The van der Waals surface area contributed by atoms with Crippen LogP contribution in [0.3, 0.4) is 0 Å². The largest absolute Gasteiger partial charge is 0.326 e. The molecule has 0 atom stereocenters. The van der Waals surface area contributed by atoms with Crippen LogP contribution in [0.5, 0.6) is 0 Å². The van der Waals surface area contributed by atoms with Crippen molar-refractivity contribution in [2.24, 2.45) is 5.10 Å². The Kier molecular flexibility index (Phi) is 5.45. The van der Waals surface area contributed by atoms with Crippen LogP contribution in [0.15, 0.2) is 48.0 Å². The van der Waals surface area contributed by atoms with E-state index < -0.39 is 5.91 Å². The minimum atomic E-state index is -0.517. The number of carbonyl (C=O) groups is 2. The van der Waals surface area contributed by atoms with E-state index >= 15 is 0 Å². The van der Waals surface area contributed by atoms with Crippen molar-refractivity contribution < 1.29 is 14.0 Å². The second kappa shape index (κ2) is 7.74. The zero-order valence-corrected chi connectivity index (χ0v) is 12.3. The average molecular weight is 315 g/mol. The highest BCUT2D eigenvalue weighted by molar-refractivity contribution is 6.06. The van der Waals surface area contributed by atoms with Gasteiger partial charge in [0.15, 0.2) is 0 Å². The summed E-state index contributed by atoms with van der Waals surface area (Å²) in [6.07, 6.45) is 4.13. The lowest BCUT2D eigenvalue weighted by Gasteiger charge is -2.05. The molecule has 118 valence electrons. The number of hydrogen-bond donors (Lipinski definition) is 2. The van der Waals surface area contributed by atoms with E-state index in [0.29, 0.717) is 11.4 Å². The molecule has 2 amide bonds. The van der Waals surface area contributed by atoms with E-state index in [1.54, 1.807) is 6.92 Å². The van der Waals surface area contributed by atoms with Crippen LogP contribution >= 0.6 is 0 Å². The second-order valence-electron chi connectivity index (χ2n) is 4.61. The number of rotatable bonds is 5. The van der Waals surface area contributed by atoms with Gasteiger partial charge >= 0.3 is 0 Å². The normalized spacial score (nSPS) is 11.0. The van der Waals surface area contributed by atoms with E-state index in [9.17, 15) is 14.0 Å². The standard InChI is InChI=1S/C15H14FN5O2/c1-10(20-21-15(23)13-9-17-6-7-18-13)8-14(22)19-12-4-2-11(16)3-5-12/h2-7,9H,8H2,1H3,(H,19,22)(H,21,23)/b20-10-. The molecule has 0 spiro atoms. The van der Waals surface area contributed by atoms with E-state index in [2.05, 4.69) is 25.8 Å². The van der Waals surface area contributed by atoms with E-state index in [4.69, 9.17) is 0 Å². The molecule has 1 heterocycles. The molecular formula is C15H14FN5O2. The number of nitrogens with one attached hydrogen (secondary N) is 2. The maximum atomic E-state index is 12.8. The molecule has 23 heavy (non-hydrogen) atoms. The Morgan fingerprint density at radius 2 is 1.96 bits per heavy atom. The fourth-order valence-corrected chi connectivity index (χ4v) is 1.63. The summed E-state index contributed by atoms with van der Waals surface area (Å²) in [6, 6.07) is 5.40. The van der Waals surface area contributed by atoms with Crippen molar-refractivity contribution >= 4 is 23.2 Å². The number of hydrogen-bond acceptors (Lipinski definition) is 5. The average Bonchev–Trinajstić information content (AvgIpc) is 2.55. The highest BCUT2D eigenvalue weighted by atomic mass is 19.1. The molecule has 0 aliphatic carbocycles. The zero-order valence-electron chi connectivity index (χ0n) is 12.3. The SMILES string of the molecule is C/C(CC(=O)Nc1ccc(F)cc1)=N/NC(=O)c1cnccn1. The molecule has 0 aliphatic rings. The number of halogens is 1. The Labute approximate surface area is 131 Å². The van der Waals surface area contributed by atoms with Gasteiger partial charge in [0.05, 0.1) is 12.6 Å². The topological polar surface area (TPSA) is 96.3 Å². The van der Waals surface area contributed by atoms with Crippen molar-refractivity contribution in [1.29, 1.82) is 0 Å². The lowest BCUT2D eigenvalue weighted by atomic mass is 10.2. The minimum Gasteiger partial charge on any atom is -0.326 e. The van der Waals surface area contributed by atoms with Crippen LogP contribution in [0.1, 0.15) is 23.8 Å². The second-order valence-corrected chi connectivity index (χ2v) is 4.61.